The minimum absolute atomic E-state index is 0.0731. The van der Waals surface area contributed by atoms with Crippen molar-refractivity contribution in [3.63, 3.8) is 0 Å². The Balaban J connectivity index is 1.73. The van der Waals surface area contributed by atoms with Crippen molar-refractivity contribution in [2.75, 3.05) is 18.4 Å². The van der Waals surface area contributed by atoms with Crippen molar-refractivity contribution in [1.82, 2.24) is 20.2 Å². The number of ether oxygens (including phenoxy) is 2. The highest BCUT2D eigenvalue weighted by atomic mass is 19.4. The average molecular weight is 510 g/mol. The molecule has 1 aliphatic rings. The molecule has 0 aliphatic carbocycles. The summed E-state index contributed by atoms with van der Waals surface area (Å²) in [6.45, 7) is 7.82. The second kappa shape index (κ2) is 11.0. The number of aryl methyl sites for hydroxylation is 1. The molecule has 0 aromatic carbocycles. The Morgan fingerprint density at radius 1 is 1.14 bits per heavy atom. The van der Waals surface area contributed by atoms with Crippen LogP contribution in [0.1, 0.15) is 56.1 Å². The van der Waals surface area contributed by atoms with Gasteiger partial charge in [-0.2, -0.15) is 0 Å². The quantitative estimate of drug-likeness (QED) is 0.568. The molecule has 1 fully saturated rings. The lowest BCUT2D eigenvalue weighted by atomic mass is 10.0. The van der Waals surface area contributed by atoms with Crippen molar-refractivity contribution in [1.29, 1.82) is 0 Å². The summed E-state index contributed by atoms with van der Waals surface area (Å²) >= 11 is 0. The van der Waals surface area contributed by atoms with Gasteiger partial charge in [0.1, 0.15) is 28.7 Å². The van der Waals surface area contributed by atoms with Gasteiger partial charge in [0.2, 0.25) is 0 Å². The SMILES string of the molecule is Cc1ccc(Nc2cc(OC(F)(F)F)ccn2)nc1C(=O)N1CCCC[C@@H]1CNC(=O)OC(C)(C)C. The first-order chi connectivity index (χ1) is 16.8. The smallest absolute Gasteiger partial charge is 0.444 e. The number of hydrogen-bond acceptors (Lipinski definition) is 7. The van der Waals surface area contributed by atoms with Gasteiger partial charge in [0.25, 0.3) is 5.91 Å². The van der Waals surface area contributed by atoms with Gasteiger partial charge in [0, 0.05) is 31.4 Å². The van der Waals surface area contributed by atoms with Crippen LogP contribution in [0.3, 0.4) is 0 Å². The van der Waals surface area contributed by atoms with Crippen LogP contribution in [0, 0.1) is 6.92 Å². The van der Waals surface area contributed by atoms with Gasteiger partial charge in [0.05, 0.1) is 0 Å². The fraction of sp³-hybridized carbons (Fsp3) is 0.500. The Kier molecular flexibility index (Phi) is 8.26. The molecule has 1 aliphatic heterocycles. The molecule has 9 nitrogen and oxygen atoms in total. The molecule has 0 radical (unpaired) electrons. The third kappa shape index (κ3) is 7.99. The molecule has 2 N–H and O–H groups in total. The van der Waals surface area contributed by atoms with E-state index >= 15 is 0 Å². The topological polar surface area (TPSA) is 106 Å². The van der Waals surface area contributed by atoms with Crippen LogP contribution in [-0.4, -0.2) is 58.0 Å². The molecule has 0 saturated carbocycles. The Morgan fingerprint density at radius 3 is 2.58 bits per heavy atom. The molecule has 0 bridgehead atoms. The first-order valence-corrected chi connectivity index (χ1v) is 11.5. The molecule has 2 aromatic heterocycles. The van der Waals surface area contributed by atoms with E-state index in [4.69, 9.17) is 4.74 Å². The largest absolute Gasteiger partial charge is 0.573 e. The van der Waals surface area contributed by atoms with Crippen molar-refractivity contribution in [2.45, 2.75) is 65.0 Å². The monoisotopic (exact) mass is 509 g/mol. The van der Waals surface area contributed by atoms with Crippen molar-refractivity contribution < 1.29 is 32.2 Å². The summed E-state index contributed by atoms with van der Waals surface area (Å²) in [5.74, 6) is -0.420. The number of amides is 2. The number of alkyl halides is 3. The lowest BCUT2D eigenvalue weighted by molar-refractivity contribution is -0.274. The van der Waals surface area contributed by atoms with Crippen LogP contribution in [0.25, 0.3) is 0 Å². The summed E-state index contributed by atoms with van der Waals surface area (Å²) in [7, 11) is 0. The molecule has 3 heterocycles. The maximum atomic E-state index is 13.5. The van der Waals surface area contributed by atoms with Crippen molar-refractivity contribution in [3.8, 4) is 5.75 Å². The summed E-state index contributed by atoms with van der Waals surface area (Å²) in [4.78, 5) is 35.6. The highest BCUT2D eigenvalue weighted by Gasteiger charge is 2.32. The number of anilines is 2. The molecule has 36 heavy (non-hydrogen) atoms. The number of hydrogen-bond donors (Lipinski definition) is 2. The molecule has 12 heteroatoms. The molecule has 1 saturated heterocycles. The van der Waals surface area contributed by atoms with E-state index in [1.54, 1.807) is 44.7 Å². The number of pyridine rings is 2. The normalized spacial score (nSPS) is 16.3. The van der Waals surface area contributed by atoms with E-state index in [9.17, 15) is 22.8 Å². The zero-order chi connectivity index (χ0) is 26.5. The first kappa shape index (κ1) is 27.0. The number of alkyl carbamates (subject to hydrolysis) is 1. The van der Waals surface area contributed by atoms with Gasteiger partial charge in [-0.1, -0.05) is 6.07 Å². The summed E-state index contributed by atoms with van der Waals surface area (Å²) < 4.78 is 46.8. The van der Waals surface area contributed by atoms with Crippen LogP contribution in [0.4, 0.5) is 29.6 Å². The van der Waals surface area contributed by atoms with E-state index in [2.05, 4.69) is 25.3 Å². The zero-order valence-electron chi connectivity index (χ0n) is 20.6. The predicted molar refractivity (Wildman–Crippen MR) is 126 cm³/mol. The fourth-order valence-electron chi connectivity index (χ4n) is 3.75. The van der Waals surface area contributed by atoms with E-state index in [-0.39, 0.29) is 35.8 Å². The van der Waals surface area contributed by atoms with Crippen LogP contribution in [-0.2, 0) is 4.74 Å². The number of aromatic nitrogens is 2. The highest BCUT2D eigenvalue weighted by Crippen LogP contribution is 2.26. The molecular formula is C24H30F3N5O4. The number of likely N-dealkylation sites (tertiary alicyclic amines) is 1. The third-order valence-electron chi connectivity index (χ3n) is 5.29. The van der Waals surface area contributed by atoms with E-state index in [0.717, 1.165) is 25.0 Å². The molecule has 0 unspecified atom stereocenters. The van der Waals surface area contributed by atoms with E-state index in [1.807, 2.05) is 0 Å². The Bertz CT molecular complexity index is 1090. The van der Waals surface area contributed by atoms with Gasteiger partial charge in [-0.05, 0) is 64.7 Å². The first-order valence-electron chi connectivity index (χ1n) is 11.5. The lowest BCUT2D eigenvalue weighted by Gasteiger charge is -2.36. The summed E-state index contributed by atoms with van der Waals surface area (Å²) in [5, 5.41) is 5.55. The minimum atomic E-state index is -4.83. The van der Waals surface area contributed by atoms with Crippen molar-refractivity contribution >= 4 is 23.6 Å². The van der Waals surface area contributed by atoms with Gasteiger partial charge in [-0.25, -0.2) is 14.8 Å². The Hall–Kier alpha value is -3.57. The zero-order valence-corrected chi connectivity index (χ0v) is 20.6. The molecular weight excluding hydrogens is 479 g/mol. The minimum Gasteiger partial charge on any atom is -0.444 e. The molecule has 3 rings (SSSR count). The molecule has 2 amide bonds. The van der Waals surface area contributed by atoms with Gasteiger partial charge in [0.15, 0.2) is 0 Å². The molecule has 0 spiro atoms. The second-order valence-corrected chi connectivity index (χ2v) is 9.44. The van der Waals surface area contributed by atoms with Crippen molar-refractivity contribution in [2.24, 2.45) is 0 Å². The second-order valence-electron chi connectivity index (χ2n) is 9.44. The van der Waals surface area contributed by atoms with Crippen molar-refractivity contribution in [3.05, 3.63) is 41.7 Å². The molecule has 196 valence electrons. The van der Waals surface area contributed by atoms with E-state index < -0.39 is 23.8 Å². The Morgan fingerprint density at radius 2 is 1.89 bits per heavy atom. The third-order valence-corrected chi connectivity index (χ3v) is 5.29. The standard InChI is InChI=1S/C24H30F3N5O4/c1-15-8-9-18(30-19-13-17(10-11-28-19)35-24(25,26)27)31-20(15)21(33)32-12-6-5-7-16(32)14-29-22(34)36-23(2,3)4/h8-11,13,16H,5-7,12,14H2,1-4H3,(H,29,34)(H,28,30,31)/t16-/m1/s1. The molecule has 2 aromatic rings. The summed E-state index contributed by atoms with van der Waals surface area (Å²) in [6.07, 6.45) is -1.76. The Labute approximate surface area is 207 Å². The fourth-order valence-corrected chi connectivity index (χ4v) is 3.75. The highest BCUT2D eigenvalue weighted by molar-refractivity contribution is 5.94. The number of carbonyl (C=O) groups excluding carboxylic acids is 2. The van der Waals surface area contributed by atoms with Crippen LogP contribution in [0.5, 0.6) is 5.75 Å². The predicted octanol–water partition coefficient (Wildman–Crippen LogP) is 4.95. The number of carbonyl (C=O) groups is 2. The van der Waals surface area contributed by atoms with E-state index in [0.29, 0.717) is 18.5 Å². The lowest BCUT2D eigenvalue weighted by Crippen LogP contribution is -2.50. The summed E-state index contributed by atoms with van der Waals surface area (Å²) in [5.41, 5.74) is 0.206. The van der Waals surface area contributed by atoms with Crippen LogP contribution in [0.15, 0.2) is 30.5 Å². The molecule has 1 atom stereocenters. The summed E-state index contributed by atoms with van der Waals surface area (Å²) in [6, 6.07) is 5.23. The average Bonchev–Trinajstić information content (AvgIpc) is 2.77. The number of nitrogens with one attached hydrogen (secondary N) is 2. The number of piperidine rings is 1. The van der Waals surface area contributed by atoms with E-state index in [1.165, 1.54) is 6.20 Å². The number of rotatable bonds is 6. The van der Waals surface area contributed by atoms with Gasteiger partial charge in [-0.3, -0.25) is 4.79 Å². The number of halogens is 3. The maximum Gasteiger partial charge on any atom is 0.573 e. The maximum absolute atomic E-state index is 13.5. The number of nitrogens with zero attached hydrogens (tertiary/aromatic N) is 3. The van der Waals surface area contributed by atoms with Gasteiger partial charge < -0.3 is 25.0 Å². The van der Waals surface area contributed by atoms with Crippen LogP contribution in [0.2, 0.25) is 0 Å². The van der Waals surface area contributed by atoms with Gasteiger partial charge >= 0.3 is 12.5 Å². The van der Waals surface area contributed by atoms with Crippen LogP contribution >= 0.6 is 0 Å². The van der Waals surface area contributed by atoms with Crippen LogP contribution < -0.4 is 15.4 Å². The van der Waals surface area contributed by atoms with Gasteiger partial charge in [-0.15, -0.1) is 13.2 Å².